The third-order valence-electron chi connectivity index (χ3n) is 2.66. The average Bonchev–Trinajstić information content (AvgIpc) is 2.39. The van der Waals surface area contributed by atoms with Crippen LogP contribution in [0.4, 0.5) is 0 Å². The van der Waals surface area contributed by atoms with E-state index in [0.717, 1.165) is 12.0 Å². The van der Waals surface area contributed by atoms with Crippen molar-refractivity contribution in [3.05, 3.63) is 78.4 Å². The largest absolute Gasteiger partial charge is 0.175 e. The monoisotopic (exact) mass is 256 g/mol. The lowest BCUT2D eigenvalue weighted by Gasteiger charge is -2.05. The van der Waals surface area contributed by atoms with Crippen LogP contribution in [0.25, 0.3) is 5.57 Å². The maximum atomic E-state index is 4.23. The summed E-state index contributed by atoms with van der Waals surface area (Å²) in [5.74, 6) is 0.699. The first kappa shape index (κ1) is 14.6. The van der Waals surface area contributed by atoms with Crippen molar-refractivity contribution in [3.8, 4) is 0 Å². The second kappa shape index (κ2) is 7.78. The van der Waals surface area contributed by atoms with E-state index in [-0.39, 0.29) is 0 Å². The second-order valence-electron chi connectivity index (χ2n) is 4.27. The maximum absolute atomic E-state index is 4.23. The second-order valence-corrected chi connectivity index (χ2v) is 4.59. The molecule has 0 atom stereocenters. The van der Waals surface area contributed by atoms with Crippen molar-refractivity contribution in [1.82, 2.24) is 0 Å². The van der Waals surface area contributed by atoms with Crippen molar-refractivity contribution in [1.29, 1.82) is 0 Å². The fourth-order valence-corrected chi connectivity index (χ4v) is 1.81. The highest BCUT2D eigenvalue weighted by Gasteiger charge is 1.98. The molecule has 94 valence electrons. The van der Waals surface area contributed by atoms with E-state index in [1.807, 2.05) is 12.2 Å². The Bertz CT molecular complexity index is 461. The summed E-state index contributed by atoms with van der Waals surface area (Å²) in [6.45, 7) is 9.76. The smallest absolute Gasteiger partial charge is 0.0154 e. The molecule has 1 aromatic carbocycles. The summed E-state index contributed by atoms with van der Waals surface area (Å²) < 4.78 is 0. The Morgan fingerprint density at radius 3 is 2.44 bits per heavy atom. The quantitative estimate of drug-likeness (QED) is 0.545. The summed E-state index contributed by atoms with van der Waals surface area (Å²) in [5, 5.41) is 0. The lowest BCUT2D eigenvalue weighted by Crippen LogP contribution is -1.89. The first-order valence-corrected chi connectivity index (χ1v) is 6.63. The van der Waals surface area contributed by atoms with Crippen LogP contribution in [-0.2, 0) is 6.42 Å². The zero-order valence-electron chi connectivity index (χ0n) is 10.9. The Balaban J connectivity index is 2.69. The van der Waals surface area contributed by atoms with Crippen molar-refractivity contribution < 1.29 is 0 Å². The molecule has 0 bridgehead atoms. The molecular weight excluding hydrogens is 236 g/mol. The predicted octanol–water partition coefficient (Wildman–Crippen LogP) is 4.86. The van der Waals surface area contributed by atoms with Crippen molar-refractivity contribution in [2.24, 2.45) is 0 Å². The number of hydrogen-bond acceptors (Lipinski definition) is 1. The van der Waals surface area contributed by atoms with E-state index in [4.69, 9.17) is 0 Å². The standard InChI is InChI=1S/C17H20S/c1-4-5-6-7-14(2)12-16-8-10-17(11-9-16)15(3)13-18/h4-11,18H,1,3,12-13H2,2H3/b6-5-,14-7+. The van der Waals surface area contributed by atoms with Crippen LogP contribution < -0.4 is 0 Å². The van der Waals surface area contributed by atoms with E-state index in [2.05, 4.69) is 63.1 Å². The van der Waals surface area contributed by atoms with Gasteiger partial charge in [0.1, 0.15) is 0 Å². The Kier molecular flexibility index (Phi) is 6.31. The summed E-state index contributed by atoms with van der Waals surface area (Å²) in [6, 6.07) is 8.53. The van der Waals surface area contributed by atoms with Crippen molar-refractivity contribution in [2.75, 3.05) is 5.75 Å². The van der Waals surface area contributed by atoms with E-state index in [1.54, 1.807) is 6.08 Å². The lowest BCUT2D eigenvalue weighted by atomic mass is 10.0. The summed E-state index contributed by atoms with van der Waals surface area (Å²) in [4.78, 5) is 0. The number of thiol groups is 1. The van der Waals surface area contributed by atoms with Crippen LogP contribution in [0.15, 0.2) is 67.3 Å². The Morgan fingerprint density at radius 2 is 1.89 bits per heavy atom. The van der Waals surface area contributed by atoms with Crippen LogP contribution in [0, 0.1) is 0 Å². The van der Waals surface area contributed by atoms with Crippen LogP contribution >= 0.6 is 12.6 Å². The Morgan fingerprint density at radius 1 is 1.22 bits per heavy atom. The molecule has 0 fully saturated rings. The SMILES string of the molecule is C=C/C=C\C=C(/C)Cc1ccc(C(=C)CS)cc1. The van der Waals surface area contributed by atoms with Crippen LogP contribution in [0.5, 0.6) is 0 Å². The van der Waals surface area contributed by atoms with Gasteiger partial charge in [-0.1, -0.05) is 67.3 Å². The molecule has 0 radical (unpaired) electrons. The van der Waals surface area contributed by atoms with Crippen molar-refractivity contribution in [3.63, 3.8) is 0 Å². The zero-order valence-corrected chi connectivity index (χ0v) is 11.8. The highest BCUT2D eigenvalue weighted by Crippen LogP contribution is 2.16. The molecule has 1 aromatic rings. The molecule has 18 heavy (non-hydrogen) atoms. The molecular formula is C17H20S. The molecule has 1 rings (SSSR count). The fourth-order valence-electron chi connectivity index (χ4n) is 1.63. The minimum absolute atomic E-state index is 0.699. The highest BCUT2D eigenvalue weighted by molar-refractivity contribution is 7.80. The van der Waals surface area contributed by atoms with E-state index in [9.17, 15) is 0 Å². The molecule has 0 aliphatic rings. The van der Waals surface area contributed by atoms with Crippen LogP contribution in [0.3, 0.4) is 0 Å². The molecule has 0 spiro atoms. The minimum Gasteiger partial charge on any atom is -0.175 e. The van der Waals surface area contributed by atoms with Gasteiger partial charge in [-0.05, 0) is 30.0 Å². The van der Waals surface area contributed by atoms with Gasteiger partial charge in [0.25, 0.3) is 0 Å². The Hall–Kier alpha value is -1.47. The summed E-state index contributed by atoms with van der Waals surface area (Å²) >= 11 is 4.23. The molecule has 0 saturated carbocycles. The summed E-state index contributed by atoms with van der Waals surface area (Å²) in [5.41, 5.74) is 4.87. The zero-order chi connectivity index (χ0) is 13.4. The maximum Gasteiger partial charge on any atom is 0.0154 e. The van der Waals surface area contributed by atoms with Crippen LogP contribution in [0.1, 0.15) is 18.1 Å². The van der Waals surface area contributed by atoms with Crippen molar-refractivity contribution >= 4 is 18.2 Å². The molecule has 0 amide bonds. The number of hydrogen-bond donors (Lipinski definition) is 1. The number of rotatable bonds is 6. The van der Waals surface area contributed by atoms with E-state index in [1.165, 1.54) is 16.7 Å². The molecule has 1 heteroatoms. The first-order chi connectivity index (χ1) is 8.67. The first-order valence-electron chi connectivity index (χ1n) is 6.00. The molecule has 0 N–H and O–H groups in total. The Labute approximate surface area is 116 Å². The molecule has 0 saturated heterocycles. The lowest BCUT2D eigenvalue weighted by molar-refractivity contribution is 1.14. The number of benzene rings is 1. The van der Waals surface area contributed by atoms with Gasteiger partial charge >= 0.3 is 0 Å². The molecule has 0 nitrogen and oxygen atoms in total. The molecule has 0 aromatic heterocycles. The summed E-state index contributed by atoms with van der Waals surface area (Å²) in [6.07, 6.45) is 8.81. The average molecular weight is 256 g/mol. The molecule has 0 aliphatic heterocycles. The molecule has 0 unspecified atom stereocenters. The van der Waals surface area contributed by atoms with Gasteiger partial charge in [0.05, 0.1) is 0 Å². The minimum atomic E-state index is 0.699. The van der Waals surface area contributed by atoms with Gasteiger partial charge in [-0.2, -0.15) is 12.6 Å². The molecule has 0 aliphatic carbocycles. The summed E-state index contributed by atoms with van der Waals surface area (Å²) in [7, 11) is 0. The predicted molar refractivity (Wildman–Crippen MR) is 86.1 cm³/mol. The van der Waals surface area contributed by atoms with Gasteiger partial charge in [-0.15, -0.1) is 0 Å². The number of allylic oxidation sites excluding steroid dienone is 5. The third-order valence-corrected chi connectivity index (χ3v) is 3.05. The van der Waals surface area contributed by atoms with Gasteiger partial charge < -0.3 is 0 Å². The van der Waals surface area contributed by atoms with E-state index < -0.39 is 0 Å². The van der Waals surface area contributed by atoms with Gasteiger partial charge in [0.2, 0.25) is 0 Å². The normalized spacial score (nSPS) is 11.8. The van der Waals surface area contributed by atoms with Gasteiger partial charge in [-0.3, -0.25) is 0 Å². The van der Waals surface area contributed by atoms with E-state index >= 15 is 0 Å². The van der Waals surface area contributed by atoms with Gasteiger partial charge in [-0.25, -0.2) is 0 Å². The van der Waals surface area contributed by atoms with E-state index in [0.29, 0.717) is 5.75 Å². The third kappa shape index (κ3) is 4.80. The molecule has 0 heterocycles. The van der Waals surface area contributed by atoms with Crippen molar-refractivity contribution in [2.45, 2.75) is 13.3 Å². The highest BCUT2D eigenvalue weighted by atomic mass is 32.1. The topological polar surface area (TPSA) is 0 Å². The van der Waals surface area contributed by atoms with Crippen LogP contribution in [-0.4, -0.2) is 5.75 Å². The van der Waals surface area contributed by atoms with Gasteiger partial charge in [0, 0.05) is 5.75 Å². The fraction of sp³-hybridized carbons (Fsp3) is 0.176. The van der Waals surface area contributed by atoms with Crippen LogP contribution in [0.2, 0.25) is 0 Å². The van der Waals surface area contributed by atoms with Gasteiger partial charge in [0.15, 0.2) is 0 Å².